The zero-order valence-electron chi connectivity index (χ0n) is 19.2. The number of nitrogens with zero attached hydrogens (tertiary/aromatic N) is 2. The van der Waals surface area contributed by atoms with E-state index in [1.807, 2.05) is 13.0 Å². The Labute approximate surface area is 200 Å². The first kappa shape index (κ1) is 26.5. The molecule has 33 heavy (non-hydrogen) atoms. The third-order valence-electron chi connectivity index (χ3n) is 5.00. The first-order chi connectivity index (χ1) is 15.6. The van der Waals surface area contributed by atoms with E-state index in [0.717, 1.165) is 22.5 Å². The molecule has 0 radical (unpaired) electrons. The minimum atomic E-state index is -3.83. The lowest BCUT2D eigenvalue weighted by atomic mass is 10.1. The summed E-state index contributed by atoms with van der Waals surface area (Å²) in [5, 5.41) is 2.99. The van der Waals surface area contributed by atoms with Gasteiger partial charge in [-0.2, -0.15) is 0 Å². The number of carbonyl (C=O) groups excluding carboxylic acids is 2. The molecule has 2 aromatic rings. The van der Waals surface area contributed by atoms with Crippen molar-refractivity contribution in [3.63, 3.8) is 0 Å². The SMILES string of the molecule is CCCNC(=O)[C@@H](C)N(Cc1cccc(OC)c1)C(=O)CN(c1ccccc1Cl)S(C)(=O)=O. The second-order valence-electron chi connectivity index (χ2n) is 7.56. The number of anilines is 1. The number of amides is 2. The minimum absolute atomic E-state index is 0.0941. The lowest BCUT2D eigenvalue weighted by molar-refractivity contribution is -0.139. The molecule has 10 heteroatoms. The zero-order valence-corrected chi connectivity index (χ0v) is 20.8. The van der Waals surface area contributed by atoms with E-state index in [4.69, 9.17) is 16.3 Å². The van der Waals surface area contributed by atoms with Gasteiger partial charge in [-0.25, -0.2) is 8.42 Å². The predicted molar refractivity (Wildman–Crippen MR) is 130 cm³/mol. The Hall–Kier alpha value is -2.78. The van der Waals surface area contributed by atoms with Crippen molar-refractivity contribution in [3.05, 3.63) is 59.1 Å². The number of methoxy groups -OCH3 is 1. The van der Waals surface area contributed by atoms with Gasteiger partial charge < -0.3 is 15.0 Å². The second kappa shape index (κ2) is 11.9. The molecule has 0 aliphatic rings. The molecule has 0 saturated heterocycles. The van der Waals surface area contributed by atoms with Crippen LogP contribution in [0.15, 0.2) is 48.5 Å². The van der Waals surface area contributed by atoms with Gasteiger partial charge >= 0.3 is 0 Å². The van der Waals surface area contributed by atoms with Crippen LogP contribution in [-0.4, -0.2) is 57.6 Å². The minimum Gasteiger partial charge on any atom is -0.497 e. The number of rotatable bonds is 11. The van der Waals surface area contributed by atoms with Gasteiger partial charge in [0.15, 0.2) is 0 Å². The van der Waals surface area contributed by atoms with E-state index < -0.39 is 28.5 Å². The second-order valence-corrected chi connectivity index (χ2v) is 9.88. The van der Waals surface area contributed by atoms with Crippen LogP contribution in [0.2, 0.25) is 5.02 Å². The average molecular weight is 496 g/mol. The maximum absolute atomic E-state index is 13.4. The molecule has 2 rings (SSSR count). The first-order valence-corrected chi connectivity index (χ1v) is 12.7. The van der Waals surface area contributed by atoms with Gasteiger partial charge in [-0.1, -0.05) is 42.8 Å². The van der Waals surface area contributed by atoms with E-state index in [2.05, 4.69) is 5.32 Å². The highest BCUT2D eigenvalue weighted by Gasteiger charge is 2.30. The van der Waals surface area contributed by atoms with E-state index in [-0.39, 0.29) is 23.2 Å². The van der Waals surface area contributed by atoms with E-state index >= 15 is 0 Å². The summed E-state index contributed by atoms with van der Waals surface area (Å²) in [5.41, 5.74) is 0.931. The Morgan fingerprint density at radius 3 is 2.45 bits per heavy atom. The van der Waals surface area contributed by atoms with E-state index in [1.54, 1.807) is 43.3 Å². The van der Waals surface area contributed by atoms with Gasteiger partial charge in [-0.05, 0) is 43.2 Å². The summed E-state index contributed by atoms with van der Waals surface area (Å²) < 4.78 is 31.3. The van der Waals surface area contributed by atoms with Crippen LogP contribution in [0, 0.1) is 0 Å². The Morgan fingerprint density at radius 2 is 1.85 bits per heavy atom. The number of sulfonamides is 1. The molecular formula is C23H30ClN3O5S. The number of para-hydroxylation sites is 1. The van der Waals surface area contributed by atoms with E-state index in [0.29, 0.717) is 12.3 Å². The molecule has 0 fully saturated rings. The van der Waals surface area contributed by atoms with Gasteiger partial charge in [0, 0.05) is 13.1 Å². The highest BCUT2D eigenvalue weighted by molar-refractivity contribution is 7.92. The number of nitrogens with one attached hydrogen (secondary N) is 1. The maximum Gasteiger partial charge on any atom is 0.244 e. The van der Waals surface area contributed by atoms with Crippen molar-refractivity contribution in [2.24, 2.45) is 0 Å². The van der Waals surface area contributed by atoms with Crippen LogP contribution in [0.5, 0.6) is 5.75 Å². The van der Waals surface area contributed by atoms with E-state index in [1.165, 1.54) is 18.1 Å². The molecule has 2 amide bonds. The highest BCUT2D eigenvalue weighted by Crippen LogP contribution is 2.27. The average Bonchev–Trinajstić information content (AvgIpc) is 2.78. The number of ether oxygens (including phenoxy) is 1. The van der Waals surface area contributed by atoms with Crippen LogP contribution in [-0.2, 0) is 26.2 Å². The van der Waals surface area contributed by atoms with Gasteiger partial charge in [0.25, 0.3) is 0 Å². The number of hydrogen-bond donors (Lipinski definition) is 1. The fraction of sp³-hybridized carbons (Fsp3) is 0.391. The summed E-state index contributed by atoms with van der Waals surface area (Å²) in [4.78, 5) is 27.5. The summed E-state index contributed by atoms with van der Waals surface area (Å²) in [5.74, 6) is -0.254. The number of hydrogen-bond acceptors (Lipinski definition) is 5. The Balaban J connectivity index is 2.39. The van der Waals surface area contributed by atoms with Gasteiger partial charge in [-0.3, -0.25) is 13.9 Å². The molecule has 0 bridgehead atoms. The molecule has 180 valence electrons. The number of carbonyl (C=O) groups is 2. The molecule has 0 saturated carbocycles. The summed E-state index contributed by atoms with van der Waals surface area (Å²) >= 11 is 6.21. The standard InChI is InChI=1S/C23H30ClN3O5S/c1-5-13-25-23(29)17(2)26(15-18-9-8-10-19(14-18)32-3)22(28)16-27(33(4,30)31)21-12-7-6-11-20(21)24/h6-12,14,17H,5,13,15-16H2,1-4H3,(H,25,29)/t17-/m1/s1. The van der Waals surface area contributed by atoms with E-state index in [9.17, 15) is 18.0 Å². The van der Waals surface area contributed by atoms with Crippen molar-refractivity contribution in [1.29, 1.82) is 0 Å². The molecule has 0 unspecified atom stereocenters. The summed E-state index contributed by atoms with van der Waals surface area (Å²) in [6, 6.07) is 12.7. The molecular weight excluding hydrogens is 466 g/mol. The molecule has 0 spiro atoms. The van der Waals surface area contributed by atoms with Crippen molar-refractivity contribution < 1.29 is 22.7 Å². The maximum atomic E-state index is 13.4. The lowest BCUT2D eigenvalue weighted by Gasteiger charge is -2.31. The van der Waals surface area contributed by atoms with Crippen LogP contribution in [0.4, 0.5) is 5.69 Å². The zero-order chi connectivity index (χ0) is 24.6. The normalized spacial score (nSPS) is 12.0. The molecule has 8 nitrogen and oxygen atoms in total. The largest absolute Gasteiger partial charge is 0.497 e. The van der Waals surface area contributed by atoms with Gasteiger partial charge in [0.2, 0.25) is 21.8 Å². The summed E-state index contributed by atoms with van der Waals surface area (Å²) in [6.07, 6.45) is 1.75. The number of benzene rings is 2. The van der Waals surface area contributed by atoms with Crippen LogP contribution in [0.3, 0.4) is 0 Å². The van der Waals surface area contributed by atoms with Crippen molar-refractivity contribution >= 4 is 39.1 Å². The Morgan fingerprint density at radius 1 is 1.15 bits per heavy atom. The van der Waals surface area contributed by atoms with Crippen molar-refractivity contribution in [1.82, 2.24) is 10.2 Å². The van der Waals surface area contributed by atoms with Crippen LogP contribution >= 0.6 is 11.6 Å². The third-order valence-corrected chi connectivity index (χ3v) is 6.45. The van der Waals surface area contributed by atoms with Gasteiger partial charge in [0.05, 0.1) is 24.1 Å². The molecule has 2 aromatic carbocycles. The predicted octanol–water partition coefficient (Wildman–Crippen LogP) is 3.06. The highest BCUT2D eigenvalue weighted by atomic mass is 35.5. The number of halogens is 1. The van der Waals surface area contributed by atoms with Crippen molar-refractivity contribution in [3.8, 4) is 5.75 Å². The fourth-order valence-electron chi connectivity index (χ4n) is 3.19. The van der Waals surface area contributed by atoms with Crippen molar-refractivity contribution in [2.75, 3.05) is 30.8 Å². The van der Waals surface area contributed by atoms with Crippen LogP contribution in [0.25, 0.3) is 0 Å². The fourth-order valence-corrected chi connectivity index (χ4v) is 4.34. The van der Waals surface area contributed by atoms with Gasteiger partial charge in [0.1, 0.15) is 18.3 Å². The smallest absolute Gasteiger partial charge is 0.244 e. The van der Waals surface area contributed by atoms with Crippen LogP contribution in [0.1, 0.15) is 25.8 Å². The van der Waals surface area contributed by atoms with Gasteiger partial charge in [-0.15, -0.1) is 0 Å². The van der Waals surface area contributed by atoms with Crippen LogP contribution < -0.4 is 14.4 Å². The first-order valence-electron chi connectivity index (χ1n) is 10.5. The molecule has 1 N–H and O–H groups in total. The summed E-state index contributed by atoms with van der Waals surface area (Å²) in [6.45, 7) is 3.61. The Kier molecular flexibility index (Phi) is 9.55. The topological polar surface area (TPSA) is 96.0 Å². The molecule has 0 aliphatic carbocycles. The quantitative estimate of drug-likeness (QED) is 0.517. The third kappa shape index (κ3) is 7.36. The molecule has 1 atom stereocenters. The Bertz CT molecular complexity index is 1080. The molecule has 0 aliphatic heterocycles. The lowest BCUT2D eigenvalue weighted by Crippen LogP contribution is -2.51. The summed E-state index contributed by atoms with van der Waals surface area (Å²) in [7, 11) is -2.29. The molecule has 0 heterocycles. The monoisotopic (exact) mass is 495 g/mol. The van der Waals surface area contributed by atoms with Crippen molar-refractivity contribution in [2.45, 2.75) is 32.9 Å². The molecule has 0 aromatic heterocycles.